The molecule has 0 saturated carbocycles. The summed E-state index contributed by atoms with van der Waals surface area (Å²) in [5.74, 6) is 2.85. The zero-order valence-electron chi connectivity index (χ0n) is 17.2. The Morgan fingerprint density at radius 1 is 1.18 bits per heavy atom. The molecule has 6 nitrogen and oxygen atoms in total. The number of piperidine rings is 1. The molecule has 0 unspecified atom stereocenters. The van der Waals surface area contributed by atoms with E-state index in [-0.39, 0.29) is 24.0 Å². The van der Waals surface area contributed by atoms with Crippen LogP contribution in [-0.4, -0.2) is 60.6 Å². The normalized spacial score (nSPS) is 16.1. The third-order valence-electron chi connectivity index (χ3n) is 5.36. The number of nitrogens with one attached hydrogen (secondary N) is 3. The molecule has 156 valence electrons. The van der Waals surface area contributed by atoms with Crippen molar-refractivity contribution in [3.05, 3.63) is 30.1 Å². The highest BCUT2D eigenvalue weighted by Gasteiger charge is 2.14. The molecule has 2 aromatic rings. The number of aromatic amines is 1. The number of nitrogens with zero attached hydrogens (tertiary/aromatic N) is 3. The first-order chi connectivity index (χ1) is 13.2. The fraction of sp³-hybridized carbons (Fsp3) is 0.619. The van der Waals surface area contributed by atoms with Gasteiger partial charge in [-0.1, -0.05) is 19.1 Å². The Balaban J connectivity index is 0.00000280. The number of aliphatic imine (C=N–C) groups is 1. The van der Waals surface area contributed by atoms with Crippen molar-refractivity contribution in [1.29, 1.82) is 0 Å². The van der Waals surface area contributed by atoms with Gasteiger partial charge >= 0.3 is 0 Å². The lowest BCUT2D eigenvalue weighted by Crippen LogP contribution is -2.40. The summed E-state index contributed by atoms with van der Waals surface area (Å²) in [7, 11) is 1.83. The van der Waals surface area contributed by atoms with E-state index in [9.17, 15) is 0 Å². The zero-order chi connectivity index (χ0) is 18.9. The Labute approximate surface area is 186 Å². The Morgan fingerprint density at radius 2 is 1.89 bits per heavy atom. The van der Waals surface area contributed by atoms with Crippen LogP contribution in [0.3, 0.4) is 0 Å². The first kappa shape index (κ1) is 22.9. The summed E-state index contributed by atoms with van der Waals surface area (Å²) in [6.07, 6.45) is 5.82. The molecule has 0 aliphatic carbocycles. The molecule has 7 heteroatoms. The number of halogens is 1. The SMILES string of the molecule is CN=C(NCCCc1nc2ccccc2[nH]1)NCCCN1CCC(C)CC1.I. The summed E-state index contributed by atoms with van der Waals surface area (Å²) < 4.78 is 0. The van der Waals surface area contributed by atoms with E-state index in [1.165, 1.54) is 32.5 Å². The molecule has 1 aliphatic heterocycles. The smallest absolute Gasteiger partial charge is 0.190 e. The molecule has 3 rings (SSSR count). The van der Waals surface area contributed by atoms with Crippen LogP contribution in [0.15, 0.2) is 29.3 Å². The number of hydrogen-bond acceptors (Lipinski definition) is 3. The van der Waals surface area contributed by atoms with E-state index >= 15 is 0 Å². The lowest BCUT2D eigenvalue weighted by Gasteiger charge is -2.30. The summed E-state index contributed by atoms with van der Waals surface area (Å²) in [6.45, 7) is 7.92. The number of para-hydroxylation sites is 2. The first-order valence-electron chi connectivity index (χ1n) is 10.3. The van der Waals surface area contributed by atoms with Gasteiger partial charge in [0.15, 0.2) is 5.96 Å². The number of imidazole rings is 1. The molecule has 28 heavy (non-hydrogen) atoms. The fourth-order valence-electron chi connectivity index (χ4n) is 3.60. The van der Waals surface area contributed by atoms with Crippen LogP contribution in [0.1, 0.15) is 38.4 Å². The lowest BCUT2D eigenvalue weighted by molar-refractivity contribution is 0.191. The quantitative estimate of drug-likeness (QED) is 0.226. The molecule has 0 bridgehead atoms. The fourth-order valence-corrected chi connectivity index (χ4v) is 3.60. The molecule has 3 N–H and O–H groups in total. The highest BCUT2D eigenvalue weighted by Crippen LogP contribution is 2.15. The van der Waals surface area contributed by atoms with Crippen molar-refractivity contribution in [1.82, 2.24) is 25.5 Å². The van der Waals surface area contributed by atoms with Gasteiger partial charge in [-0.2, -0.15) is 0 Å². The number of likely N-dealkylation sites (tertiary alicyclic amines) is 1. The molecule has 2 heterocycles. The second-order valence-corrected chi connectivity index (χ2v) is 7.61. The van der Waals surface area contributed by atoms with Crippen molar-refractivity contribution >= 4 is 41.0 Å². The van der Waals surface area contributed by atoms with Gasteiger partial charge in [0.25, 0.3) is 0 Å². The van der Waals surface area contributed by atoms with Crippen LogP contribution in [-0.2, 0) is 6.42 Å². The molecule has 0 spiro atoms. The maximum atomic E-state index is 4.63. The minimum absolute atomic E-state index is 0. The van der Waals surface area contributed by atoms with E-state index in [4.69, 9.17) is 0 Å². The minimum Gasteiger partial charge on any atom is -0.356 e. The summed E-state index contributed by atoms with van der Waals surface area (Å²) in [6, 6.07) is 8.17. The number of guanidine groups is 1. The Kier molecular flexibility index (Phi) is 10.0. The number of aromatic nitrogens is 2. The predicted molar refractivity (Wildman–Crippen MR) is 129 cm³/mol. The number of H-pyrrole nitrogens is 1. The van der Waals surface area contributed by atoms with Crippen molar-refractivity contribution in [2.45, 2.75) is 39.0 Å². The van der Waals surface area contributed by atoms with Crippen LogP contribution in [0, 0.1) is 5.92 Å². The second-order valence-electron chi connectivity index (χ2n) is 7.61. The van der Waals surface area contributed by atoms with Crippen LogP contribution in [0.5, 0.6) is 0 Å². The van der Waals surface area contributed by atoms with Gasteiger partial charge in [0.1, 0.15) is 5.82 Å². The Hall–Kier alpha value is -1.35. The van der Waals surface area contributed by atoms with Crippen LogP contribution >= 0.6 is 24.0 Å². The minimum atomic E-state index is 0. The first-order valence-corrected chi connectivity index (χ1v) is 10.3. The maximum Gasteiger partial charge on any atom is 0.190 e. The van der Waals surface area contributed by atoms with Crippen LogP contribution in [0.25, 0.3) is 11.0 Å². The molecule has 0 radical (unpaired) electrons. The van der Waals surface area contributed by atoms with Crippen LogP contribution < -0.4 is 10.6 Å². The van der Waals surface area contributed by atoms with E-state index in [0.29, 0.717) is 0 Å². The third-order valence-corrected chi connectivity index (χ3v) is 5.36. The number of hydrogen-bond donors (Lipinski definition) is 3. The molecule has 1 aromatic carbocycles. The van der Waals surface area contributed by atoms with Gasteiger partial charge in [-0.15, -0.1) is 24.0 Å². The number of rotatable bonds is 8. The van der Waals surface area contributed by atoms with Crippen LogP contribution in [0.4, 0.5) is 0 Å². The van der Waals surface area contributed by atoms with Crippen molar-refractivity contribution < 1.29 is 0 Å². The van der Waals surface area contributed by atoms with Gasteiger partial charge in [0, 0.05) is 26.6 Å². The molecule has 1 aromatic heterocycles. The number of fused-ring (bicyclic) bond motifs is 1. The highest BCUT2D eigenvalue weighted by molar-refractivity contribution is 14.0. The van der Waals surface area contributed by atoms with Gasteiger partial charge < -0.3 is 20.5 Å². The van der Waals surface area contributed by atoms with Gasteiger partial charge in [0.05, 0.1) is 11.0 Å². The van der Waals surface area contributed by atoms with Crippen molar-refractivity contribution in [2.24, 2.45) is 10.9 Å². The monoisotopic (exact) mass is 498 g/mol. The van der Waals surface area contributed by atoms with E-state index in [1.807, 2.05) is 25.2 Å². The molecule has 0 atom stereocenters. The summed E-state index contributed by atoms with van der Waals surface area (Å²) in [5.41, 5.74) is 2.15. The third kappa shape index (κ3) is 7.24. The largest absolute Gasteiger partial charge is 0.356 e. The second kappa shape index (κ2) is 12.3. The zero-order valence-corrected chi connectivity index (χ0v) is 19.5. The van der Waals surface area contributed by atoms with Crippen molar-refractivity contribution in [2.75, 3.05) is 39.8 Å². The van der Waals surface area contributed by atoms with E-state index in [2.05, 4.69) is 43.5 Å². The summed E-state index contributed by atoms with van der Waals surface area (Å²) in [5, 5.41) is 6.83. The van der Waals surface area contributed by atoms with Gasteiger partial charge in [-0.05, 0) is 63.4 Å². The molecule has 1 aliphatic rings. The summed E-state index contributed by atoms with van der Waals surface area (Å²) in [4.78, 5) is 14.9. The standard InChI is InChI=1S/C21H34N6.HI/c1-17-10-15-27(16-11-17)14-6-13-24-21(22-2)23-12-5-9-20-25-18-7-3-4-8-19(18)26-20;/h3-4,7-8,17H,5-6,9-16H2,1-2H3,(H,25,26)(H2,22,23,24);1H. The van der Waals surface area contributed by atoms with Crippen molar-refractivity contribution in [3.63, 3.8) is 0 Å². The van der Waals surface area contributed by atoms with Gasteiger partial charge in [-0.25, -0.2) is 4.98 Å². The predicted octanol–water partition coefficient (Wildman–Crippen LogP) is 3.40. The maximum absolute atomic E-state index is 4.63. The Morgan fingerprint density at radius 3 is 2.61 bits per heavy atom. The van der Waals surface area contributed by atoms with Gasteiger partial charge in [0.2, 0.25) is 0 Å². The van der Waals surface area contributed by atoms with Gasteiger partial charge in [-0.3, -0.25) is 4.99 Å². The van der Waals surface area contributed by atoms with Crippen LogP contribution in [0.2, 0.25) is 0 Å². The highest BCUT2D eigenvalue weighted by atomic mass is 127. The van der Waals surface area contributed by atoms with E-state index in [1.54, 1.807) is 0 Å². The number of benzene rings is 1. The molecule has 1 saturated heterocycles. The van der Waals surface area contributed by atoms with E-state index in [0.717, 1.165) is 61.1 Å². The van der Waals surface area contributed by atoms with E-state index < -0.39 is 0 Å². The lowest BCUT2D eigenvalue weighted by atomic mass is 9.99. The number of aryl methyl sites for hydroxylation is 1. The average molecular weight is 498 g/mol. The Bertz CT molecular complexity index is 688. The topological polar surface area (TPSA) is 68.3 Å². The summed E-state index contributed by atoms with van der Waals surface area (Å²) >= 11 is 0. The molecular weight excluding hydrogens is 463 g/mol. The molecule has 0 amide bonds. The average Bonchev–Trinajstić information content (AvgIpc) is 3.11. The van der Waals surface area contributed by atoms with Crippen molar-refractivity contribution in [3.8, 4) is 0 Å². The molecule has 1 fully saturated rings. The molecular formula is C21H35IN6.